The largest absolute Gasteiger partial charge is 0.337 e. The van der Waals surface area contributed by atoms with Gasteiger partial charge in [0.05, 0.1) is 0 Å². The molecule has 2 aliphatic rings. The molecule has 2 aliphatic carbocycles. The van der Waals surface area contributed by atoms with Crippen LogP contribution in [0.1, 0.15) is 55.5 Å². The molecule has 0 bridgehead atoms. The van der Waals surface area contributed by atoms with E-state index in [-0.39, 0.29) is 10.8 Å². The molecule has 0 spiro atoms. The lowest BCUT2D eigenvalue weighted by atomic mass is 9.79. The summed E-state index contributed by atoms with van der Waals surface area (Å²) in [6, 6.07) is 74.4. The first kappa shape index (κ1) is 36.1. The van der Waals surface area contributed by atoms with Crippen molar-refractivity contribution in [2.24, 2.45) is 0 Å². The Hall–Kier alpha value is -6.96. The van der Waals surface area contributed by atoms with E-state index in [1.807, 2.05) is 0 Å². The van der Waals surface area contributed by atoms with E-state index in [1.165, 1.54) is 106 Å². The van der Waals surface area contributed by atoms with E-state index in [4.69, 9.17) is 0 Å². The Morgan fingerprint density at radius 2 is 0.817 bits per heavy atom. The Bertz CT molecular complexity index is 3100. The van der Waals surface area contributed by atoms with Gasteiger partial charge in [0.1, 0.15) is 0 Å². The van der Waals surface area contributed by atoms with Gasteiger partial charge in [-0.25, -0.2) is 0 Å². The van der Waals surface area contributed by atoms with Crippen LogP contribution in [0.3, 0.4) is 0 Å². The Morgan fingerprint density at radius 1 is 0.333 bits per heavy atom. The maximum absolute atomic E-state index is 2.56. The Morgan fingerprint density at radius 3 is 1.52 bits per heavy atom. The summed E-state index contributed by atoms with van der Waals surface area (Å²) in [7, 11) is 0. The average molecular weight is 770 g/mol. The third kappa shape index (κ3) is 5.68. The van der Waals surface area contributed by atoms with Crippen LogP contribution in [0.4, 0.5) is 11.4 Å². The molecule has 1 nitrogen and oxygen atoms in total. The van der Waals surface area contributed by atoms with Crippen LogP contribution in [0.5, 0.6) is 0 Å². The molecule has 11 rings (SSSR count). The van der Waals surface area contributed by atoms with Crippen molar-refractivity contribution in [3.63, 3.8) is 0 Å². The molecule has 60 heavy (non-hydrogen) atoms. The van der Waals surface area contributed by atoms with Crippen LogP contribution in [0.15, 0.2) is 200 Å². The summed E-state index contributed by atoms with van der Waals surface area (Å²) in [4.78, 5) is 2.56. The molecule has 0 aromatic heterocycles. The standard InChI is InChI=1S/C59H47N/c1-58(2)54-26-16-15-24-48(54)49-33-31-44(35-55(49)58)60(38-43-21-11-12-22-46(43)42-29-27-40(28-30-42)39-17-7-5-8-18-39)45-32-34-50-53-37-52(41-19-9-6-10-20-41)47-23-13-14-25-51(47)57(53)59(3,4)56(50)36-45/h5-37H,38H2,1-4H3. The highest BCUT2D eigenvalue weighted by Crippen LogP contribution is 2.55. The molecular weight excluding hydrogens is 723 g/mol. The van der Waals surface area contributed by atoms with E-state index in [2.05, 4.69) is 233 Å². The molecule has 0 unspecified atom stereocenters. The number of hydrogen-bond donors (Lipinski definition) is 0. The van der Waals surface area contributed by atoms with Crippen LogP contribution in [0.2, 0.25) is 0 Å². The van der Waals surface area contributed by atoms with Crippen LogP contribution in [0, 0.1) is 0 Å². The van der Waals surface area contributed by atoms with Gasteiger partial charge in [-0.05, 0) is 125 Å². The first-order chi connectivity index (χ1) is 29.3. The minimum atomic E-state index is -0.207. The molecule has 0 N–H and O–H groups in total. The summed E-state index contributed by atoms with van der Waals surface area (Å²) >= 11 is 0. The van der Waals surface area contributed by atoms with E-state index in [1.54, 1.807) is 0 Å². The molecule has 9 aromatic rings. The summed E-state index contributed by atoms with van der Waals surface area (Å²) in [6.45, 7) is 10.3. The second kappa shape index (κ2) is 13.8. The quantitative estimate of drug-likeness (QED) is 0.156. The lowest BCUT2D eigenvalue weighted by molar-refractivity contribution is 0.660. The minimum Gasteiger partial charge on any atom is -0.337 e. The number of anilines is 2. The lowest BCUT2D eigenvalue weighted by Crippen LogP contribution is -2.21. The SMILES string of the molecule is CC1(C)c2ccccc2-c2ccc(N(Cc3ccccc3-c3ccc(-c4ccccc4)cc3)c3ccc4c(c3)C(C)(C)c3c-4cc(-c4ccccc4)c4ccccc34)cc21. The molecule has 1 heteroatoms. The van der Waals surface area contributed by atoms with Gasteiger partial charge in [-0.3, -0.25) is 0 Å². The van der Waals surface area contributed by atoms with E-state index in [9.17, 15) is 0 Å². The summed E-state index contributed by atoms with van der Waals surface area (Å²) in [5.74, 6) is 0. The second-order valence-corrected chi connectivity index (χ2v) is 17.7. The zero-order chi connectivity index (χ0) is 40.6. The number of fused-ring (bicyclic) bond motifs is 8. The van der Waals surface area contributed by atoms with Gasteiger partial charge in [0.25, 0.3) is 0 Å². The van der Waals surface area contributed by atoms with E-state index in [0.29, 0.717) is 0 Å². The second-order valence-electron chi connectivity index (χ2n) is 17.7. The fraction of sp³-hybridized carbons (Fsp3) is 0.119. The normalized spacial score (nSPS) is 14.0. The number of rotatable bonds is 7. The van der Waals surface area contributed by atoms with E-state index >= 15 is 0 Å². The molecule has 0 atom stereocenters. The first-order valence-corrected chi connectivity index (χ1v) is 21.3. The summed E-state index contributed by atoms with van der Waals surface area (Å²) in [5, 5.41) is 2.64. The molecule has 0 heterocycles. The van der Waals surface area contributed by atoms with Gasteiger partial charge >= 0.3 is 0 Å². The predicted octanol–water partition coefficient (Wildman–Crippen LogP) is 15.8. The minimum absolute atomic E-state index is 0.106. The Labute approximate surface area is 354 Å². The van der Waals surface area contributed by atoms with Gasteiger partial charge in [-0.2, -0.15) is 0 Å². The third-order valence-electron chi connectivity index (χ3n) is 13.6. The molecule has 0 fully saturated rings. The van der Waals surface area contributed by atoms with Crippen LogP contribution in [0.25, 0.3) is 66.4 Å². The molecule has 0 saturated heterocycles. The fourth-order valence-corrected chi connectivity index (χ4v) is 10.5. The van der Waals surface area contributed by atoms with Crippen molar-refractivity contribution >= 4 is 22.1 Å². The molecule has 0 amide bonds. The van der Waals surface area contributed by atoms with Crippen LogP contribution >= 0.6 is 0 Å². The Balaban J connectivity index is 1.06. The van der Waals surface area contributed by atoms with Crippen LogP contribution < -0.4 is 4.90 Å². The average Bonchev–Trinajstić information content (AvgIpc) is 3.67. The van der Waals surface area contributed by atoms with E-state index < -0.39 is 0 Å². The molecule has 0 radical (unpaired) electrons. The summed E-state index contributed by atoms with van der Waals surface area (Å²) in [5.41, 5.74) is 21.8. The maximum Gasteiger partial charge on any atom is 0.0487 e. The lowest BCUT2D eigenvalue weighted by Gasteiger charge is -2.30. The highest BCUT2D eigenvalue weighted by Gasteiger charge is 2.39. The van der Waals surface area contributed by atoms with Crippen molar-refractivity contribution in [2.75, 3.05) is 4.90 Å². The highest BCUT2D eigenvalue weighted by molar-refractivity contribution is 6.06. The summed E-state index contributed by atoms with van der Waals surface area (Å²) in [6.07, 6.45) is 0. The topological polar surface area (TPSA) is 3.24 Å². The zero-order valence-electron chi connectivity index (χ0n) is 34.7. The van der Waals surface area contributed by atoms with Gasteiger partial charge < -0.3 is 4.90 Å². The monoisotopic (exact) mass is 769 g/mol. The maximum atomic E-state index is 2.56. The molecule has 0 saturated carbocycles. The predicted molar refractivity (Wildman–Crippen MR) is 254 cm³/mol. The van der Waals surface area contributed by atoms with Gasteiger partial charge in [0.15, 0.2) is 0 Å². The van der Waals surface area contributed by atoms with Crippen molar-refractivity contribution in [3.8, 4) is 55.6 Å². The molecule has 9 aromatic carbocycles. The van der Waals surface area contributed by atoms with Gasteiger partial charge in [-0.1, -0.05) is 198 Å². The van der Waals surface area contributed by atoms with Crippen molar-refractivity contribution < 1.29 is 0 Å². The van der Waals surface area contributed by atoms with Crippen molar-refractivity contribution in [2.45, 2.75) is 45.1 Å². The van der Waals surface area contributed by atoms with Crippen molar-refractivity contribution in [1.29, 1.82) is 0 Å². The van der Waals surface area contributed by atoms with E-state index in [0.717, 1.165) is 6.54 Å². The zero-order valence-corrected chi connectivity index (χ0v) is 34.7. The smallest absolute Gasteiger partial charge is 0.0487 e. The van der Waals surface area contributed by atoms with Crippen LogP contribution in [-0.2, 0) is 17.4 Å². The van der Waals surface area contributed by atoms with Crippen LogP contribution in [-0.4, -0.2) is 0 Å². The van der Waals surface area contributed by atoms with Gasteiger partial charge in [-0.15, -0.1) is 0 Å². The van der Waals surface area contributed by atoms with Gasteiger partial charge in [0.2, 0.25) is 0 Å². The third-order valence-corrected chi connectivity index (χ3v) is 13.6. The van der Waals surface area contributed by atoms with Gasteiger partial charge in [0, 0.05) is 28.7 Å². The summed E-state index contributed by atoms with van der Waals surface area (Å²) < 4.78 is 0. The number of hydrogen-bond acceptors (Lipinski definition) is 1. The molecule has 0 aliphatic heterocycles. The molecular formula is C59H47N. The first-order valence-electron chi connectivity index (χ1n) is 21.3. The molecule has 288 valence electrons. The Kier molecular flexibility index (Phi) is 8.33. The fourth-order valence-electron chi connectivity index (χ4n) is 10.5. The van der Waals surface area contributed by atoms with Crippen molar-refractivity contribution in [3.05, 3.63) is 228 Å². The highest BCUT2D eigenvalue weighted by atomic mass is 15.1. The van der Waals surface area contributed by atoms with Crippen molar-refractivity contribution in [1.82, 2.24) is 0 Å². The number of benzene rings is 9. The number of nitrogens with zero attached hydrogens (tertiary/aromatic N) is 1.